The molecular formula is C19H20N4O2. The number of aryl methyl sites for hydroxylation is 1. The molecule has 3 heterocycles. The van der Waals surface area contributed by atoms with Crippen LogP contribution in [0.1, 0.15) is 30.3 Å². The van der Waals surface area contributed by atoms with Gasteiger partial charge in [-0.1, -0.05) is 17.3 Å². The largest absolute Gasteiger partial charge is 0.497 e. The summed E-state index contributed by atoms with van der Waals surface area (Å²) < 4.78 is 10.6. The lowest BCUT2D eigenvalue weighted by Gasteiger charge is -2.27. The van der Waals surface area contributed by atoms with Crippen molar-refractivity contribution < 1.29 is 9.26 Å². The molecule has 1 aromatic carbocycles. The summed E-state index contributed by atoms with van der Waals surface area (Å²) in [5.74, 6) is 2.90. The summed E-state index contributed by atoms with van der Waals surface area (Å²) in [6, 6.07) is 12.4. The summed E-state index contributed by atoms with van der Waals surface area (Å²) in [4.78, 5) is 11.3. The van der Waals surface area contributed by atoms with E-state index in [-0.39, 0.29) is 6.04 Å². The van der Waals surface area contributed by atoms with Crippen molar-refractivity contribution in [2.45, 2.75) is 25.8 Å². The van der Waals surface area contributed by atoms with Crippen molar-refractivity contribution >= 4 is 5.82 Å². The van der Waals surface area contributed by atoms with Crippen LogP contribution < -0.4 is 9.64 Å². The lowest BCUT2D eigenvalue weighted by molar-refractivity contribution is 0.414. The van der Waals surface area contributed by atoms with Crippen LogP contribution in [0, 0.1) is 6.92 Å². The average molecular weight is 336 g/mol. The maximum atomic E-state index is 5.38. The van der Waals surface area contributed by atoms with E-state index in [0.29, 0.717) is 11.7 Å². The van der Waals surface area contributed by atoms with Gasteiger partial charge < -0.3 is 14.2 Å². The van der Waals surface area contributed by atoms with Gasteiger partial charge in [0.15, 0.2) is 5.82 Å². The van der Waals surface area contributed by atoms with Gasteiger partial charge >= 0.3 is 0 Å². The normalized spacial score (nSPS) is 17.0. The molecule has 2 aromatic heterocycles. The minimum atomic E-state index is 0.281. The molecule has 0 N–H and O–H groups in total. The Labute approximate surface area is 146 Å². The first-order valence-electron chi connectivity index (χ1n) is 8.42. The molecule has 0 aliphatic carbocycles. The summed E-state index contributed by atoms with van der Waals surface area (Å²) in [5, 5.41) is 3.91. The Morgan fingerprint density at radius 3 is 2.76 bits per heavy atom. The van der Waals surface area contributed by atoms with Crippen molar-refractivity contribution in [1.29, 1.82) is 0 Å². The Morgan fingerprint density at radius 1 is 1.20 bits per heavy atom. The number of hydrogen-bond acceptors (Lipinski definition) is 6. The highest BCUT2D eigenvalue weighted by molar-refractivity contribution is 5.70. The van der Waals surface area contributed by atoms with Gasteiger partial charge in [0.25, 0.3) is 5.89 Å². The third-order valence-corrected chi connectivity index (χ3v) is 4.57. The number of pyridine rings is 1. The van der Waals surface area contributed by atoms with Crippen LogP contribution in [0.4, 0.5) is 5.82 Å². The number of rotatable bonds is 4. The number of benzene rings is 1. The van der Waals surface area contributed by atoms with Gasteiger partial charge in [0.2, 0.25) is 0 Å². The summed E-state index contributed by atoms with van der Waals surface area (Å²) in [5.41, 5.74) is 2.14. The fourth-order valence-electron chi connectivity index (χ4n) is 3.39. The molecule has 0 saturated carbocycles. The number of hydrogen-bond donors (Lipinski definition) is 0. The van der Waals surface area contributed by atoms with E-state index in [1.54, 1.807) is 7.11 Å². The standard InChI is InChI=1S/C19H20N4O2/c1-13-21-19(25-22-13)16-5-3-11-20-18(16)23-12-4-6-17(23)14-7-9-15(24-2)10-8-14/h3,5,7-11,17H,4,6,12H2,1-2H3/t17-/m1/s1. The summed E-state index contributed by atoms with van der Waals surface area (Å²) in [7, 11) is 1.68. The van der Waals surface area contributed by atoms with Crippen LogP contribution in [-0.2, 0) is 0 Å². The van der Waals surface area contributed by atoms with E-state index in [9.17, 15) is 0 Å². The highest BCUT2D eigenvalue weighted by Crippen LogP contribution is 2.39. The van der Waals surface area contributed by atoms with Gasteiger partial charge in [-0.25, -0.2) is 4.98 Å². The molecule has 1 aliphatic heterocycles. The van der Waals surface area contributed by atoms with Crippen molar-refractivity contribution in [3.63, 3.8) is 0 Å². The molecular weight excluding hydrogens is 316 g/mol. The molecule has 0 spiro atoms. The Morgan fingerprint density at radius 2 is 2.04 bits per heavy atom. The van der Waals surface area contributed by atoms with Crippen LogP contribution >= 0.6 is 0 Å². The highest BCUT2D eigenvalue weighted by Gasteiger charge is 2.30. The number of aromatic nitrogens is 3. The number of anilines is 1. The fraction of sp³-hybridized carbons (Fsp3) is 0.316. The smallest absolute Gasteiger partial charge is 0.261 e. The maximum Gasteiger partial charge on any atom is 0.261 e. The Hall–Kier alpha value is -2.89. The SMILES string of the molecule is COc1ccc([C@H]2CCCN2c2ncccc2-c2nc(C)no2)cc1. The van der Waals surface area contributed by atoms with Gasteiger partial charge in [0, 0.05) is 12.7 Å². The Balaban J connectivity index is 1.71. The van der Waals surface area contributed by atoms with Crippen molar-refractivity contribution in [2.75, 3.05) is 18.6 Å². The van der Waals surface area contributed by atoms with Crippen molar-refractivity contribution in [1.82, 2.24) is 15.1 Å². The molecule has 0 radical (unpaired) electrons. The topological polar surface area (TPSA) is 64.3 Å². The molecule has 1 aliphatic rings. The lowest BCUT2D eigenvalue weighted by atomic mass is 10.0. The fourth-order valence-corrected chi connectivity index (χ4v) is 3.39. The zero-order chi connectivity index (χ0) is 17.2. The minimum absolute atomic E-state index is 0.281. The second-order valence-electron chi connectivity index (χ2n) is 6.15. The van der Waals surface area contributed by atoms with E-state index in [4.69, 9.17) is 9.26 Å². The minimum Gasteiger partial charge on any atom is -0.497 e. The van der Waals surface area contributed by atoms with Gasteiger partial charge in [-0.15, -0.1) is 0 Å². The molecule has 1 fully saturated rings. The van der Waals surface area contributed by atoms with E-state index in [1.807, 2.05) is 37.4 Å². The first kappa shape index (κ1) is 15.6. The number of ether oxygens (including phenoxy) is 1. The van der Waals surface area contributed by atoms with Gasteiger partial charge in [0.05, 0.1) is 18.7 Å². The Kier molecular flexibility index (Phi) is 4.09. The second kappa shape index (κ2) is 6.55. The number of nitrogens with zero attached hydrogens (tertiary/aromatic N) is 4. The first-order chi connectivity index (χ1) is 12.3. The van der Waals surface area contributed by atoms with Gasteiger partial charge in [-0.3, -0.25) is 0 Å². The molecule has 6 nitrogen and oxygen atoms in total. The average Bonchev–Trinajstić information content (AvgIpc) is 3.31. The van der Waals surface area contributed by atoms with Crippen LogP contribution in [0.15, 0.2) is 47.1 Å². The summed E-state index contributed by atoms with van der Waals surface area (Å²) >= 11 is 0. The van der Waals surface area contributed by atoms with E-state index >= 15 is 0 Å². The zero-order valence-electron chi connectivity index (χ0n) is 14.3. The van der Waals surface area contributed by atoms with Crippen LogP contribution in [0.25, 0.3) is 11.5 Å². The summed E-state index contributed by atoms with van der Waals surface area (Å²) in [6.45, 7) is 2.77. The van der Waals surface area contributed by atoms with Crippen LogP contribution in [0.3, 0.4) is 0 Å². The second-order valence-corrected chi connectivity index (χ2v) is 6.15. The number of methoxy groups -OCH3 is 1. The van der Waals surface area contributed by atoms with E-state index in [2.05, 4.69) is 32.2 Å². The van der Waals surface area contributed by atoms with Crippen molar-refractivity contribution in [2.24, 2.45) is 0 Å². The first-order valence-corrected chi connectivity index (χ1v) is 8.42. The van der Waals surface area contributed by atoms with Crippen molar-refractivity contribution in [3.8, 4) is 17.2 Å². The van der Waals surface area contributed by atoms with E-state index in [0.717, 1.165) is 36.5 Å². The zero-order valence-corrected chi connectivity index (χ0v) is 14.3. The van der Waals surface area contributed by atoms with E-state index < -0.39 is 0 Å². The molecule has 4 rings (SSSR count). The molecule has 1 atom stereocenters. The van der Waals surface area contributed by atoms with Crippen molar-refractivity contribution in [3.05, 3.63) is 54.0 Å². The van der Waals surface area contributed by atoms with Crippen LogP contribution in [-0.4, -0.2) is 28.8 Å². The van der Waals surface area contributed by atoms with Crippen LogP contribution in [0.2, 0.25) is 0 Å². The monoisotopic (exact) mass is 336 g/mol. The third kappa shape index (κ3) is 2.95. The molecule has 128 valence electrons. The molecule has 0 amide bonds. The quantitative estimate of drug-likeness (QED) is 0.722. The van der Waals surface area contributed by atoms with E-state index in [1.165, 1.54) is 5.56 Å². The van der Waals surface area contributed by atoms with Crippen LogP contribution in [0.5, 0.6) is 5.75 Å². The predicted molar refractivity (Wildman–Crippen MR) is 94.6 cm³/mol. The van der Waals surface area contributed by atoms with Gasteiger partial charge in [-0.2, -0.15) is 4.98 Å². The highest BCUT2D eigenvalue weighted by atomic mass is 16.5. The molecule has 1 saturated heterocycles. The van der Waals surface area contributed by atoms with Gasteiger partial charge in [-0.05, 0) is 49.6 Å². The summed E-state index contributed by atoms with van der Waals surface area (Å²) in [6.07, 6.45) is 4.02. The molecule has 3 aromatic rings. The lowest BCUT2D eigenvalue weighted by Crippen LogP contribution is -2.24. The Bertz CT molecular complexity index is 860. The van der Waals surface area contributed by atoms with Gasteiger partial charge in [0.1, 0.15) is 11.6 Å². The molecule has 25 heavy (non-hydrogen) atoms. The predicted octanol–water partition coefficient (Wildman–Crippen LogP) is 3.79. The molecule has 0 bridgehead atoms. The molecule has 6 heteroatoms. The third-order valence-electron chi connectivity index (χ3n) is 4.57. The molecule has 0 unspecified atom stereocenters. The maximum absolute atomic E-state index is 5.38.